The van der Waals surface area contributed by atoms with E-state index in [-0.39, 0.29) is 17.0 Å². The van der Waals surface area contributed by atoms with E-state index in [2.05, 4.69) is 26.0 Å². The molecular formula is C16H16BrFN2O3S. The summed E-state index contributed by atoms with van der Waals surface area (Å²) in [4.78, 5) is 12.1. The van der Waals surface area contributed by atoms with E-state index >= 15 is 0 Å². The van der Waals surface area contributed by atoms with E-state index in [9.17, 15) is 17.6 Å². The van der Waals surface area contributed by atoms with E-state index in [1.165, 1.54) is 0 Å². The minimum atomic E-state index is -3.78. The zero-order valence-corrected chi connectivity index (χ0v) is 15.2. The van der Waals surface area contributed by atoms with Crippen LogP contribution in [0.15, 0.2) is 51.8 Å². The van der Waals surface area contributed by atoms with Gasteiger partial charge in [-0.2, -0.15) is 0 Å². The molecule has 0 heterocycles. The van der Waals surface area contributed by atoms with Crippen LogP contribution < -0.4 is 10.0 Å². The van der Waals surface area contributed by atoms with Crippen molar-refractivity contribution >= 4 is 37.5 Å². The van der Waals surface area contributed by atoms with Crippen LogP contribution in [0.4, 0.5) is 10.1 Å². The Hall–Kier alpha value is -1.77. The van der Waals surface area contributed by atoms with Gasteiger partial charge in [0.05, 0.1) is 10.5 Å². The average molecular weight is 415 g/mol. The summed E-state index contributed by atoms with van der Waals surface area (Å²) in [5.74, 6) is -1.51. The first-order valence-electron chi connectivity index (χ1n) is 7.19. The summed E-state index contributed by atoms with van der Waals surface area (Å²) < 4.78 is 41.4. The molecule has 0 bridgehead atoms. The van der Waals surface area contributed by atoms with Crippen molar-refractivity contribution in [3.8, 4) is 0 Å². The fourth-order valence-corrected chi connectivity index (χ4v) is 3.32. The Morgan fingerprint density at radius 2 is 1.83 bits per heavy atom. The number of sulfonamides is 1. The van der Waals surface area contributed by atoms with Gasteiger partial charge in [0.1, 0.15) is 5.82 Å². The lowest BCUT2D eigenvalue weighted by Crippen LogP contribution is -2.25. The number of anilines is 1. The molecule has 24 heavy (non-hydrogen) atoms. The van der Waals surface area contributed by atoms with E-state index in [1.807, 2.05) is 6.92 Å². The van der Waals surface area contributed by atoms with E-state index in [0.717, 1.165) is 22.7 Å². The second-order valence-corrected chi connectivity index (χ2v) is 7.68. The number of hydrogen-bond acceptors (Lipinski definition) is 3. The van der Waals surface area contributed by atoms with Crippen LogP contribution in [-0.4, -0.2) is 20.9 Å². The summed E-state index contributed by atoms with van der Waals surface area (Å²) in [7, 11) is -3.78. The van der Waals surface area contributed by atoms with Gasteiger partial charge in [-0.05, 0) is 48.9 Å². The highest BCUT2D eigenvalue weighted by molar-refractivity contribution is 9.10. The standard InChI is InChI=1S/C16H16BrFN2O3S/c1-2-9-19-24(22,23)13-7-8-15(18)14(10-13)16(21)20-12-5-3-11(17)4-6-12/h3-8,10,19H,2,9H2,1H3,(H,20,21). The summed E-state index contributed by atoms with van der Waals surface area (Å²) in [5, 5.41) is 2.53. The van der Waals surface area contributed by atoms with Crippen molar-refractivity contribution in [2.24, 2.45) is 0 Å². The molecule has 2 aromatic carbocycles. The van der Waals surface area contributed by atoms with E-state index in [4.69, 9.17) is 0 Å². The van der Waals surface area contributed by atoms with Gasteiger partial charge in [-0.3, -0.25) is 4.79 Å². The van der Waals surface area contributed by atoms with Crippen molar-refractivity contribution < 1.29 is 17.6 Å². The molecular weight excluding hydrogens is 399 g/mol. The number of rotatable bonds is 6. The zero-order valence-electron chi connectivity index (χ0n) is 12.8. The molecule has 0 aromatic heterocycles. The van der Waals surface area contributed by atoms with Crippen LogP contribution in [0.1, 0.15) is 23.7 Å². The molecule has 0 aliphatic carbocycles. The highest BCUT2D eigenvalue weighted by atomic mass is 79.9. The lowest BCUT2D eigenvalue weighted by molar-refractivity contribution is 0.102. The zero-order chi connectivity index (χ0) is 17.7. The Kier molecular flexibility index (Phi) is 6.09. The van der Waals surface area contributed by atoms with Gasteiger partial charge in [0.15, 0.2) is 0 Å². The van der Waals surface area contributed by atoms with Crippen LogP contribution in [-0.2, 0) is 10.0 Å². The average Bonchev–Trinajstić information content (AvgIpc) is 2.55. The minimum Gasteiger partial charge on any atom is -0.322 e. The first kappa shape index (κ1) is 18.6. The molecule has 0 fully saturated rings. The molecule has 2 aromatic rings. The minimum absolute atomic E-state index is 0.154. The number of carbonyl (C=O) groups excluding carboxylic acids is 1. The van der Waals surface area contributed by atoms with E-state index < -0.39 is 21.7 Å². The van der Waals surface area contributed by atoms with Crippen molar-refractivity contribution in [1.29, 1.82) is 0 Å². The van der Waals surface area contributed by atoms with E-state index in [1.54, 1.807) is 24.3 Å². The van der Waals surface area contributed by atoms with Gasteiger partial charge in [-0.25, -0.2) is 17.5 Å². The number of amides is 1. The Bertz CT molecular complexity index is 839. The van der Waals surface area contributed by atoms with Crippen molar-refractivity contribution in [3.05, 3.63) is 58.3 Å². The summed E-state index contributed by atoms with van der Waals surface area (Å²) in [6.45, 7) is 2.09. The van der Waals surface area contributed by atoms with Crippen LogP contribution >= 0.6 is 15.9 Å². The van der Waals surface area contributed by atoms with Crippen molar-refractivity contribution in [2.75, 3.05) is 11.9 Å². The predicted octanol–water partition coefficient (Wildman–Crippen LogP) is 3.53. The molecule has 2 rings (SSSR count). The molecule has 2 N–H and O–H groups in total. The number of nitrogens with one attached hydrogen (secondary N) is 2. The Labute approximate surface area is 148 Å². The normalized spacial score (nSPS) is 11.3. The van der Waals surface area contributed by atoms with Gasteiger partial charge in [0, 0.05) is 16.7 Å². The fourth-order valence-electron chi connectivity index (χ4n) is 1.90. The Morgan fingerprint density at radius 3 is 2.46 bits per heavy atom. The van der Waals surface area contributed by atoms with Crippen LogP contribution in [0.5, 0.6) is 0 Å². The molecule has 128 valence electrons. The topological polar surface area (TPSA) is 75.3 Å². The summed E-state index contributed by atoms with van der Waals surface area (Å²) in [5.41, 5.74) is 0.136. The highest BCUT2D eigenvalue weighted by Crippen LogP contribution is 2.18. The maximum atomic E-state index is 13.9. The maximum Gasteiger partial charge on any atom is 0.258 e. The molecule has 5 nitrogen and oxygen atoms in total. The number of carbonyl (C=O) groups is 1. The second kappa shape index (κ2) is 7.87. The monoisotopic (exact) mass is 414 g/mol. The largest absolute Gasteiger partial charge is 0.322 e. The van der Waals surface area contributed by atoms with E-state index in [0.29, 0.717) is 12.1 Å². The molecule has 0 saturated heterocycles. The third-order valence-corrected chi connectivity index (χ3v) is 5.12. The fraction of sp³-hybridized carbons (Fsp3) is 0.188. The van der Waals surface area contributed by atoms with Crippen molar-refractivity contribution in [2.45, 2.75) is 18.2 Å². The van der Waals surface area contributed by atoms with Crippen LogP contribution in [0.2, 0.25) is 0 Å². The number of benzene rings is 2. The molecule has 0 atom stereocenters. The summed E-state index contributed by atoms with van der Waals surface area (Å²) in [6, 6.07) is 9.86. The number of halogens is 2. The lowest BCUT2D eigenvalue weighted by atomic mass is 10.2. The lowest BCUT2D eigenvalue weighted by Gasteiger charge is -2.09. The Balaban J connectivity index is 2.27. The van der Waals surface area contributed by atoms with Gasteiger partial charge in [0.2, 0.25) is 10.0 Å². The molecule has 0 radical (unpaired) electrons. The van der Waals surface area contributed by atoms with Crippen LogP contribution in [0.25, 0.3) is 0 Å². The molecule has 0 aliphatic heterocycles. The molecule has 1 amide bonds. The van der Waals surface area contributed by atoms with Gasteiger partial charge in [-0.15, -0.1) is 0 Å². The Morgan fingerprint density at radius 1 is 1.17 bits per heavy atom. The van der Waals surface area contributed by atoms with Crippen LogP contribution in [0, 0.1) is 5.82 Å². The summed E-state index contributed by atoms with van der Waals surface area (Å²) >= 11 is 3.27. The first-order valence-corrected chi connectivity index (χ1v) is 9.47. The third-order valence-electron chi connectivity index (χ3n) is 3.14. The highest BCUT2D eigenvalue weighted by Gasteiger charge is 2.19. The van der Waals surface area contributed by atoms with Gasteiger partial charge < -0.3 is 5.32 Å². The third kappa shape index (κ3) is 4.62. The maximum absolute atomic E-state index is 13.9. The molecule has 0 spiro atoms. The first-order chi connectivity index (χ1) is 11.3. The molecule has 0 unspecified atom stereocenters. The molecule has 8 heteroatoms. The second-order valence-electron chi connectivity index (χ2n) is 5.00. The predicted molar refractivity (Wildman–Crippen MR) is 94.0 cm³/mol. The quantitative estimate of drug-likeness (QED) is 0.758. The molecule has 0 aliphatic rings. The molecule has 0 saturated carbocycles. The van der Waals surface area contributed by atoms with Gasteiger partial charge in [-0.1, -0.05) is 22.9 Å². The van der Waals surface area contributed by atoms with Crippen LogP contribution in [0.3, 0.4) is 0 Å². The van der Waals surface area contributed by atoms with Gasteiger partial charge >= 0.3 is 0 Å². The van der Waals surface area contributed by atoms with Crippen molar-refractivity contribution in [1.82, 2.24) is 4.72 Å². The summed E-state index contributed by atoms with van der Waals surface area (Å²) in [6.07, 6.45) is 0.622. The number of hydrogen-bond donors (Lipinski definition) is 2. The SMILES string of the molecule is CCCNS(=O)(=O)c1ccc(F)c(C(=O)Nc2ccc(Br)cc2)c1. The smallest absolute Gasteiger partial charge is 0.258 e. The van der Waals surface area contributed by atoms with Gasteiger partial charge in [0.25, 0.3) is 5.91 Å². The van der Waals surface area contributed by atoms with Crippen molar-refractivity contribution in [3.63, 3.8) is 0 Å².